The summed E-state index contributed by atoms with van der Waals surface area (Å²) in [5.41, 5.74) is 2.55. The predicted molar refractivity (Wildman–Crippen MR) is 131 cm³/mol. The number of benzene rings is 1. The molecule has 9 heteroatoms. The zero-order valence-electron chi connectivity index (χ0n) is 20.9. The lowest BCUT2D eigenvalue weighted by Crippen LogP contribution is -2.46. The maximum absolute atomic E-state index is 13.7. The second-order valence-electron chi connectivity index (χ2n) is 9.00. The summed E-state index contributed by atoms with van der Waals surface area (Å²) < 4.78 is 18.3. The van der Waals surface area contributed by atoms with Crippen LogP contribution in [0.2, 0.25) is 0 Å². The third kappa shape index (κ3) is 5.19. The van der Waals surface area contributed by atoms with Crippen molar-refractivity contribution in [1.29, 1.82) is 0 Å². The van der Waals surface area contributed by atoms with E-state index in [1.807, 2.05) is 48.1 Å². The maximum atomic E-state index is 13.7. The Kier molecular flexibility index (Phi) is 7.75. The van der Waals surface area contributed by atoms with Gasteiger partial charge in [-0.1, -0.05) is 6.42 Å². The molecule has 1 aliphatic heterocycles. The van der Waals surface area contributed by atoms with E-state index in [4.69, 9.17) is 19.3 Å². The molecule has 0 unspecified atom stereocenters. The fourth-order valence-electron chi connectivity index (χ4n) is 4.62. The number of amides is 2. The highest BCUT2D eigenvalue weighted by atomic mass is 16.5. The molecular weight excluding hydrogens is 448 g/mol. The normalized spacial score (nSPS) is 17.7. The Balaban J connectivity index is 1.66. The Hall–Kier alpha value is -3.33. The summed E-state index contributed by atoms with van der Waals surface area (Å²) >= 11 is 0. The summed E-state index contributed by atoms with van der Waals surface area (Å²) in [6, 6.07) is 9.09. The van der Waals surface area contributed by atoms with Gasteiger partial charge in [-0.2, -0.15) is 5.10 Å². The Labute approximate surface area is 206 Å². The van der Waals surface area contributed by atoms with E-state index in [-0.39, 0.29) is 30.3 Å². The Morgan fingerprint density at radius 1 is 1.14 bits per heavy atom. The van der Waals surface area contributed by atoms with Crippen LogP contribution in [0.1, 0.15) is 43.0 Å². The summed E-state index contributed by atoms with van der Waals surface area (Å²) in [6.45, 7) is 0.690. The standard InChI is InChI=1S/C26H34N4O5/c1-28-12-6-9-22(28)21-16-23(20-15-19(34-3)10-11-24(20)35-4)30(27-21)25(31)17-29(13-14-33-2)26(32)18-7-5-8-18/h6,9-12,15,18,23H,5,7-8,13-14,16-17H2,1-4H3/t23-/m1/s1. The number of methoxy groups -OCH3 is 3. The number of hydrogen-bond donors (Lipinski definition) is 0. The van der Waals surface area contributed by atoms with Gasteiger partial charge in [0.2, 0.25) is 5.91 Å². The molecule has 9 nitrogen and oxygen atoms in total. The third-order valence-electron chi connectivity index (χ3n) is 6.86. The molecule has 2 aliphatic rings. The first kappa shape index (κ1) is 24.8. The first-order valence-corrected chi connectivity index (χ1v) is 12.0. The molecule has 188 valence electrons. The summed E-state index contributed by atoms with van der Waals surface area (Å²) in [4.78, 5) is 28.3. The van der Waals surface area contributed by atoms with E-state index < -0.39 is 0 Å². The molecule has 1 fully saturated rings. The predicted octanol–water partition coefficient (Wildman–Crippen LogP) is 3.00. The van der Waals surface area contributed by atoms with Crippen LogP contribution in [0.3, 0.4) is 0 Å². The molecule has 2 heterocycles. The van der Waals surface area contributed by atoms with Crippen LogP contribution in [0.25, 0.3) is 0 Å². The van der Waals surface area contributed by atoms with Gasteiger partial charge in [0.15, 0.2) is 0 Å². The van der Waals surface area contributed by atoms with Crippen LogP contribution in [0.15, 0.2) is 41.6 Å². The number of hydrazone groups is 1. The van der Waals surface area contributed by atoms with E-state index in [0.717, 1.165) is 36.2 Å². The number of hydrogen-bond acceptors (Lipinski definition) is 6. The maximum Gasteiger partial charge on any atom is 0.262 e. The largest absolute Gasteiger partial charge is 0.497 e. The van der Waals surface area contributed by atoms with Gasteiger partial charge in [0.05, 0.1) is 38.3 Å². The van der Waals surface area contributed by atoms with Crippen molar-refractivity contribution in [2.24, 2.45) is 18.1 Å². The highest BCUT2D eigenvalue weighted by Gasteiger charge is 2.38. The molecule has 1 aliphatic carbocycles. The molecule has 4 rings (SSSR count). The number of rotatable bonds is 10. The Morgan fingerprint density at radius 2 is 1.94 bits per heavy atom. The quantitative estimate of drug-likeness (QED) is 0.520. The topological polar surface area (TPSA) is 85.6 Å². The highest BCUT2D eigenvalue weighted by Crippen LogP contribution is 2.39. The van der Waals surface area contributed by atoms with Crippen LogP contribution in [0, 0.1) is 5.92 Å². The molecule has 2 aromatic rings. The lowest BCUT2D eigenvalue weighted by Gasteiger charge is -2.32. The first-order chi connectivity index (χ1) is 17.0. The van der Waals surface area contributed by atoms with Crippen LogP contribution in [0.4, 0.5) is 0 Å². The molecule has 35 heavy (non-hydrogen) atoms. The van der Waals surface area contributed by atoms with Crippen molar-refractivity contribution >= 4 is 17.5 Å². The third-order valence-corrected chi connectivity index (χ3v) is 6.86. The molecule has 0 bridgehead atoms. The van der Waals surface area contributed by atoms with Gasteiger partial charge in [-0.15, -0.1) is 0 Å². The van der Waals surface area contributed by atoms with Crippen molar-refractivity contribution < 1.29 is 23.8 Å². The van der Waals surface area contributed by atoms with Crippen LogP contribution in [0.5, 0.6) is 11.5 Å². The SMILES string of the molecule is COCCN(CC(=O)N1N=C(c2cccn2C)C[C@@H]1c1cc(OC)ccc1OC)C(=O)C1CCC1. The molecule has 1 aromatic carbocycles. The van der Waals surface area contributed by atoms with Gasteiger partial charge in [0, 0.05) is 44.8 Å². The molecule has 1 saturated carbocycles. The van der Waals surface area contributed by atoms with E-state index in [9.17, 15) is 9.59 Å². The van der Waals surface area contributed by atoms with Gasteiger partial charge in [0.1, 0.15) is 18.0 Å². The van der Waals surface area contributed by atoms with Crippen LogP contribution in [-0.2, 0) is 21.4 Å². The fourth-order valence-corrected chi connectivity index (χ4v) is 4.62. The molecular formula is C26H34N4O5. The van der Waals surface area contributed by atoms with E-state index in [0.29, 0.717) is 31.1 Å². The minimum Gasteiger partial charge on any atom is -0.497 e. The smallest absolute Gasteiger partial charge is 0.262 e. The minimum atomic E-state index is -0.388. The van der Waals surface area contributed by atoms with Crippen molar-refractivity contribution in [3.8, 4) is 11.5 Å². The van der Waals surface area contributed by atoms with E-state index in [1.54, 1.807) is 26.2 Å². The average Bonchev–Trinajstić information content (AvgIpc) is 3.46. The summed E-state index contributed by atoms with van der Waals surface area (Å²) in [6.07, 6.45) is 5.27. The van der Waals surface area contributed by atoms with Gasteiger partial charge in [0.25, 0.3) is 5.91 Å². The van der Waals surface area contributed by atoms with Crippen molar-refractivity contribution in [2.45, 2.75) is 31.7 Å². The highest BCUT2D eigenvalue weighted by molar-refractivity contribution is 6.02. The Morgan fingerprint density at radius 3 is 2.54 bits per heavy atom. The fraction of sp³-hybridized carbons (Fsp3) is 0.500. The zero-order chi connectivity index (χ0) is 24.9. The summed E-state index contributed by atoms with van der Waals surface area (Å²) in [7, 11) is 6.76. The van der Waals surface area contributed by atoms with Crippen molar-refractivity contribution in [1.82, 2.24) is 14.5 Å². The Bertz CT molecular complexity index is 1090. The van der Waals surface area contributed by atoms with E-state index >= 15 is 0 Å². The first-order valence-electron chi connectivity index (χ1n) is 12.0. The van der Waals surface area contributed by atoms with Crippen molar-refractivity contribution in [3.63, 3.8) is 0 Å². The van der Waals surface area contributed by atoms with Gasteiger partial charge in [-0.25, -0.2) is 5.01 Å². The zero-order valence-corrected chi connectivity index (χ0v) is 20.9. The lowest BCUT2D eigenvalue weighted by molar-refractivity contribution is -0.146. The monoisotopic (exact) mass is 482 g/mol. The second kappa shape index (κ2) is 10.9. The van der Waals surface area contributed by atoms with Gasteiger partial charge in [-0.05, 0) is 43.2 Å². The van der Waals surface area contributed by atoms with Gasteiger partial charge >= 0.3 is 0 Å². The molecule has 0 spiro atoms. The van der Waals surface area contributed by atoms with Crippen LogP contribution in [-0.4, -0.2) is 73.0 Å². The molecule has 0 N–H and O–H groups in total. The van der Waals surface area contributed by atoms with Gasteiger partial charge < -0.3 is 23.7 Å². The van der Waals surface area contributed by atoms with Crippen LogP contribution >= 0.6 is 0 Å². The summed E-state index contributed by atoms with van der Waals surface area (Å²) in [5.74, 6) is 1.09. The second-order valence-corrected chi connectivity index (χ2v) is 9.00. The van der Waals surface area contributed by atoms with Gasteiger partial charge in [-0.3, -0.25) is 9.59 Å². The number of aromatic nitrogens is 1. The molecule has 0 saturated heterocycles. The van der Waals surface area contributed by atoms with E-state index in [1.165, 1.54) is 5.01 Å². The van der Waals surface area contributed by atoms with E-state index in [2.05, 4.69) is 0 Å². The summed E-state index contributed by atoms with van der Waals surface area (Å²) in [5, 5.41) is 6.27. The number of nitrogens with zero attached hydrogens (tertiary/aromatic N) is 4. The number of ether oxygens (including phenoxy) is 3. The average molecular weight is 483 g/mol. The number of carbonyl (C=O) groups excluding carboxylic acids is 2. The molecule has 1 aromatic heterocycles. The minimum absolute atomic E-state index is 0.00468. The number of aryl methyl sites for hydroxylation is 1. The molecule has 2 amide bonds. The molecule has 0 radical (unpaired) electrons. The van der Waals surface area contributed by atoms with Crippen molar-refractivity contribution in [3.05, 3.63) is 47.8 Å². The number of carbonyl (C=O) groups is 2. The van der Waals surface area contributed by atoms with Crippen LogP contribution < -0.4 is 9.47 Å². The lowest BCUT2D eigenvalue weighted by atomic mass is 9.84. The van der Waals surface area contributed by atoms with Crippen molar-refractivity contribution in [2.75, 3.05) is 41.0 Å². The molecule has 1 atom stereocenters.